The fourth-order valence-corrected chi connectivity index (χ4v) is 2.01. The Morgan fingerprint density at radius 3 is 2.65 bits per heavy atom. The van der Waals surface area contributed by atoms with Crippen molar-refractivity contribution in [1.82, 2.24) is 9.78 Å². The highest BCUT2D eigenvalue weighted by Gasteiger charge is 2.22. The SMILES string of the molecule is CC#CCCC(O)c1c(C(C)C)nn(C)c1Cl. The van der Waals surface area contributed by atoms with Gasteiger partial charge in [-0.05, 0) is 19.3 Å². The highest BCUT2D eigenvalue weighted by molar-refractivity contribution is 6.30. The number of hydrogen-bond acceptors (Lipinski definition) is 2. The third kappa shape index (κ3) is 3.24. The molecule has 0 radical (unpaired) electrons. The molecule has 0 fully saturated rings. The molecule has 1 unspecified atom stereocenters. The van der Waals surface area contributed by atoms with Crippen LogP contribution in [0.5, 0.6) is 0 Å². The standard InChI is InChI=1S/C13H19ClN2O/c1-5-6-7-8-10(17)11-12(9(2)3)15-16(4)13(11)14/h9-10,17H,7-8H2,1-4H3. The average molecular weight is 255 g/mol. The average Bonchev–Trinajstić information content (AvgIpc) is 2.56. The molecule has 0 saturated carbocycles. The minimum absolute atomic E-state index is 0.246. The number of halogens is 1. The van der Waals surface area contributed by atoms with Crippen molar-refractivity contribution < 1.29 is 5.11 Å². The number of rotatable bonds is 4. The topological polar surface area (TPSA) is 38.1 Å². The molecule has 1 aromatic heterocycles. The van der Waals surface area contributed by atoms with E-state index in [9.17, 15) is 5.11 Å². The van der Waals surface area contributed by atoms with Gasteiger partial charge >= 0.3 is 0 Å². The Morgan fingerprint density at radius 2 is 2.12 bits per heavy atom. The number of aliphatic hydroxyl groups is 1. The van der Waals surface area contributed by atoms with Crippen LogP contribution in [0.3, 0.4) is 0 Å². The lowest BCUT2D eigenvalue weighted by Gasteiger charge is -2.11. The largest absolute Gasteiger partial charge is 0.388 e. The van der Waals surface area contributed by atoms with Gasteiger partial charge in [-0.2, -0.15) is 5.10 Å². The molecule has 17 heavy (non-hydrogen) atoms. The van der Waals surface area contributed by atoms with Gasteiger partial charge in [0.15, 0.2) is 0 Å². The summed E-state index contributed by atoms with van der Waals surface area (Å²) in [5, 5.41) is 15.0. The van der Waals surface area contributed by atoms with Crippen molar-refractivity contribution in [3.05, 3.63) is 16.4 Å². The van der Waals surface area contributed by atoms with Gasteiger partial charge in [0.25, 0.3) is 0 Å². The first kappa shape index (κ1) is 14.1. The number of aliphatic hydroxyl groups excluding tert-OH is 1. The molecule has 1 heterocycles. The zero-order valence-electron chi connectivity index (χ0n) is 10.8. The van der Waals surface area contributed by atoms with Gasteiger partial charge in [0, 0.05) is 19.0 Å². The maximum Gasteiger partial charge on any atom is 0.132 e. The van der Waals surface area contributed by atoms with Crippen LogP contribution in [0.25, 0.3) is 0 Å². The van der Waals surface area contributed by atoms with Crippen molar-refractivity contribution in [1.29, 1.82) is 0 Å². The van der Waals surface area contributed by atoms with E-state index < -0.39 is 6.10 Å². The van der Waals surface area contributed by atoms with Crippen LogP contribution >= 0.6 is 11.6 Å². The predicted octanol–water partition coefficient (Wildman–Crippen LogP) is 3.03. The molecule has 0 saturated heterocycles. The Labute approximate surface area is 108 Å². The normalized spacial score (nSPS) is 12.4. The lowest BCUT2D eigenvalue weighted by molar-refractivity contribution is 0.168. The maximum absolute atomic E-state index is 10.2. The fraction of sp³-hybridized carbons (Fsp3) is 0.615. The molecule has 1 N–H and O–H groups in total. The van der Waals surface area contributed by atoms with E-state index in [1.165, 1.54) is 0 Å². The summed E-state index contributed by atoms with van der Waals surface area (Å²) in [6.07, 6.45) is 0.668. The van der Waals surface area contributed by atoms with E-state index in [1.807, 2.05) is 13.8 Å². The van der Waals surface area contributed by atoms with Crippen LogP contribution in [0.15, 0.2) is 0 Å². The van der Waals surface area contributed by atoms with E-state index in [0.717, 1.165) is 11.3 Å². The summed E-state index contributed by atoms with van der Waals surface area (Å²) in [5.41, 5.74) is 1.62. The smallest absolute Gasteiger partial charge is 0.132 e. The van der Waals surface area contributed by atoms with E-state index in [-0.39, 0.29) is 5.92 Å². The highest BCUT2D eigenvalue weighted by atomic mass is 35.5. The molecule has 1 rings (SSSR count). The minimum atomic E-state index is -0.588. The van der Waals surface area contributed by atoms with Gasteiger partial charge in [-0.15, -0.1) is 11.8 Å². The Kier molecular flexibility index (Phi) is 5.04. The molecular formula is C13H19ClN2O. The Hall–Kier alpha value is -0.980. The first-order valence-corrected chi connectivity index (χ1v) is 6.16. The monoisotopic (exact) mass is 254 g/mol. The number of hydrogen-bond donors (Lipinski definition) is 1. The van der Waals surface area contributed by atoms with Crippen molar-refractivity contribution in [2.75, 3.05) is 0 Å². The molecule has 0 aromatic carbocycles. The van der Waals surface area contributed by atoms with Crippen molar-refractivity contribution in [2.24, 2.45) is 7.05 Å². The van der Waals surface area contributed by atoms with E-state index in [4.69, 9.17) is 11.6 Å². The van der Waals surface area contributed by atoms with Crippen LogP contribution in [-0.4, -0.2) is 14.9 Å². The first-order valence-electron chi connectivity index (χ1n) is 5.79. The number of aryl methyl sites for hydroxylation is 1. The second kappa shape index (κ2) is 6.09. The molecule has 0 bridgehead atoms. The summed E-state index contributed by atoms with van der Waals surface area (Å²) >= 11 is 6.17. The van der Waals surface area contributed by atoms with Crippen LogP contribution in [-0.2, 0) is 7.05 Å². The van der Waals surface area contributed by atoms with E-state index >= 15 is 0 Å². The zero-order valence-corrected chi connectivity index (χ0v) is 11.5. The second-order valence-corrected chi connectivity index (χ2v) is 4.71. The van der Waals surface area contributed by atoms with Crippen LogP contribution in [0.4, 0.5) is 0 Å². The Morgan fingerprint density at radius 1 is 1.47 bits per heavy atom. The van der Waals surface area contributed by atoms with Gasteiger partial charge in [0.05, 0.1) is 11.8 Å². The lowest BCUT2D eigenvalue weighted by Crippen LogP contribution is -2.02. The van der Waals surface area contributed by atoms with E-state index in [0.29, 0.717) is 18.0 Å². The third-order valence-corrected chi connectivity index (χ3v) is 3.09. The van der Waals surface area contributed by atoms with Crippen molar-refractivity contribution in [3.63, 3.8) is 0 Å². The molecule has 3 nitrogen and oxygen atoms in total. The Balaban J connectivity index is 2.97. The molecule has 4 heteroatoms. The van der Waals surface area contributed by atoms with Crippen LogP contribution in [0, 0.1) is 11.8 Å². The summed E-state index contributed by atoms with van der Waals surface area (Å²) in [6, 6.07) is 0. The minimum Gasteiger partial charge on any atom is -0.388 e. The van der Waals surface area contributed by atoms with Gasteiger partial charge in [0.1, 0.15) is 5.15 Å². The molecular weight excluding hydrogens is 236 g/mol. The van der Waals surface area contributed by atoms with Gasteiger partial charge in [0.2, 0.25) is 0 Å². The van der Waals surface area contributed by atoms with E-state index in [1.54, 1.807) is 18.7 Å². The summed E-state index contributed by atoms with van der Waals surface area (Å²) < 4.78 is 1.61. The molecule has 1 aromatic rings. The van der Waals surface area contributed by atoms with Crippen LogP contribution < -0.4 is 0 Å². The van der Waals surface area contributed by atoms with Gasteiger partial charge in [-0.1, -0.05) is 25.4 Å². The summed E-state index contributed by atoms with van der Waals surface area (Å²) in [7, 11) is 1.79. The molecule has 0 aliphatic heterocycles. The molecule has 0 amide bonds. The first-order chi connectivity index (χ1) is 7.99. The van der Waals surface area contributed by atoms with Gasteiger partial charge in [-0.3, -0.25) is 4.68 Å². The summed E-state index contributed by atoms with van der Waals surface area (Å²) in [5.74, 6) is 6.01. The molecule has 0 aliphatic rings. The van der Waals surface area contributed by atoms with Crippen molar-refractivity contribution in [2.45, 2.75) is 45.6 Å². The van der Waals surface area contributed by atoms with Crippen LogP contribution in [0.1, 0.15) is 56.9 Å². The van der Waals surface area contributed by atoms with Gasteiger partial charge < -0.3 is 5.11 Å². The van der Waals surface area contributed by atoms with Gasteiger partial charge in [-0.25, -0.2) is 0 Å². The summed E-state index contributed by atoms with van der Waals surface area (Å²) in [6.45, 7) is 5.88. The second-order valence-electron chi connectivity index (χ2n) is 4.35. The molecule has 0 aliphatic carbocycles. The van der Waals surface area contributed by atoms with Crippen molar-refractivity contribution in [3.8, 4) is 11.8 Å². The molecule has 94 valence electrons. The number of nitrogens with zero attached hydrogens (tertiary/aromatic N) is 2. The quantitative estimate of drug-likeness (QED) is 0.839. The van der Waals surface area contributed by atoms with E-state index in [2.05, 4.69) is 16.9 Å². The lowest BCUT2D eigenvalue weighted by atomic mass is 9.99. The maximum atomic E-state index is 10.2. The molecule has 0 spiro atoms. The zero-order chi connectivity index (χ0) is 13.0. The molecule has 1 atom stereocenters. The van der Waals surface area contributed by atoms with Crippen molar-refractivity contribution >= 4 is 11.6 Å². The Bertz CT molecular complexity index is 440. The van der Waals surface area contributed by atoms with Crippen LogP contribution in [0.2, 0.25) is 5.15 Å². The highest BCUT2D eigenvalue weighted by Crippen LogP contribution is 2.32. The fourth-order valence-electron chi connectivity index (χ4n) is 1.75. The number of aromatic nitrogens is 2. The third-order valence-electron chi connectivity index (χ3n) is 2.64. The predicted molar refractivity (Wildman–Crippen MR) is 70.0 cm³/mol. The summed E-state index contributed by atoms with van der Waals surface area (Å²) in [4.78, 5) is 0.